The highest BCUT2D eigenvalue weighted by atomic mass is 16.2. The normalized spacial score (nSPS) is 16.3. The van der Waals surface area contributed by atoms with Crippen molar-refractivity contribution in [2.45, 2.75) is 47.5 Å². The van der Waals surface area contributed by atoms with Crippen LogP contribution in [0.4, 0.5) is 5.69 Å². The van der Waals surface area contributed by atoms with Crippen LogP contribution in [0.3, 0.4) is 0 Å². The number of hydrogen-bond acceptors (Lipinski definition) is 2. The van der Waals surface area contributed by atoms with Crippen molar-refractivity contribution in [1.29, 1.82) is 0 Å². The number of anilines is 1. The number of para-hydroxylation sites is 1. The summed E-state index contributed by atoms with van der Waals surface area (Å²) in [6, 6.07) is 5.89. The zero-order valence-corrected chi connectivity index (χ0v) is 14.9. The van der Waals surface area contributed by atoms with Crippen molar-refractivity contribution < 1.29 is 9.59 Å². The minimum Gasteiger partial charge on any atom is -0.342 e. The summed E-state index contributed by atoms with van der Waals surface area (Å²) in [5.41, 5.74) is 1.77. The average molecular weight is 316 g/mol. The van der Waals surface area contributed by atoms with Crippen molar-refractivity contribution in [3.05, 3.63) is 29.3 Å². The van der Waals surface area contributed by atoms with Crippen LogP contribution in [0.2, 0.25) is 0 Å². The Kier molecular flexibility index (Phi) is 5.12. The summed E-state index contributed by atoms with van der Waals surface area (Å²) in [4.78, 5) is 27.4. The molecule has 1 saturated heterocycles. The molecule has 0 atom stereocenters. The van der Waals surface area contributed by atoms with E-state index in [4.69, 9.17) is 0 Å². The Morgan fingerprint density at radius 2 is 1.65 bits per heavy atom. The quantitative estimate of drug-likeness (QED) is 0.867. The first-order valence-electron chi connectivity index (χ1n) is 8.40. The highest BCUT2D eigenvalue weighted by Gasteiger charge is 2.40. The van der Waals surface area contributed by atoms with Crippen molar-refractivity contribution in [3.63, 3.8) is 0 Å². The molecule has 1 fully saturated rings. The van der Waals surface area contributed by atoms with Gasteiger partial charge in [0.25, 0.3) is 0 Å². The van der Waals surface area contributed by atoms with E-state index in [0.29, 0.717) is 5.92 Å². The minimum absolute atomic E-state index is 0.0758. The van der Waals surface area contributed by atoms with Gasteiger partial charge in [-0.25, -0.2) is 0 Å². The fourth-order valence-corrected chi connectivity index (χ4v) is 2.99. The van der Waals surface area contributed by atoms with Gasteiger partial charge in [0.15, 0.2) is 0 Å². The molecule has 0 saturated carbocycles. The molecule has 4 heteroatoms. The van der Waals surface area contributed by atoms with Crippen molar-refractivity contribution in [2.24, 2.45) is 11.3 Å². The SMILES string of the molecule is Cc1cccc(C)c1NC(=O)C(C)(C)C(=O)N1CCC(C)CC1. The van der Waals surface area contributed by atoms with Crippen LogP contribution >= 0.6 is 0 Å². The molecule has 4 nitrogen and oxygen atoms in total. The van der Waals surface area contributed by atoms with Crippen LogP contribution < -0.4 is 5.32 Å². The van der Waals surface area contributed by atoms with Crippen LogP contribution in [0.15, 0.2) is 18.2 Å². The second-order valence-electron chi connectivity index (χ2n) is 7.32. The van der Waals surface area contributed by atoms with E-state index in [1.807, 2.05) is 36.9 Å². The third-order valence-electron chi connectivity index (χ3n) is 4.89. The maximum absolute atomic E-state index is 12.8. The van der Waals surface area contributed by atoms with Crippen molar-refractivity contribution in [2.75, 3.05) is 18.4 Å². The van der Waals surface area contributed by atoms with Gasteiger partial charge in [-0.2, -0.15) is 0 Å². The Morgan fingerprint density at radius 1 is 1.13 bits per heavy atom. The fourth-order valence-electron chi connectivity index (χ4n) is 2.99. The molecule has 2 amide bonds. The molecule has 1 N–H and O–H groups in total. The zero-order valence-electron chi connectivity index (χ0n) is 14.9. The van der Waals surface area contributed by atoms with E-state index < -0.39 is 5.41 Å². The molecule has 0 spiro atoms. The lowest BCUT2D eigenvalue weighted by Gasteiger charge is -2.35. The van der Waals surface area contributed by atoms with Crippen LogP contribution in [-0.2, 0) is 9.59 Å². The summed E-state index contributed by atoms with van der Waals surface area (Å²) < 4.78 is 0. The fraction of sp³-hybridized carbons (Fsp3) is 0.579. The molecule has 0 aromatic heterocycles. The van der Waals surface area contributed by atoms with Gasteiger partial charge in [-0.1, -0.05) is 25.1 Å². The van der Waals surface area contributed by atoms with Gasteiger partial charge in [0.1, 0.15) is 5.41 Å². The summed E-state index contributed by atoms with van der Waals surface area (Å²) in [6.45, 7) is 11.1. The smallest absolute Gasteiger partial charge is 0.239 e. The Morgan fingerprint density at radius 3 is 2.17 bits per heavy atom. The third kappa shape index (κ3) is 3.74. The summed E-state index contributed by atoms with van der Waals surface area (Å²) in [6.07, 6.45) is 2.03. The van der Waals surface area contributed by atoms with Crippen LogP contribution in [0.1, 0.15) is 44.7 Å². The number of nitrogens with zero attached hydrogens (tertiary/aromatic N) is 1. The average Bonchev–Trinajstić information content (AvgIpc) is 2.50. The van der Waals surface area contributed by atoms with E-state index >= 15 is 0 Å². The topological polar surface area (TPSA) is 49.4 Å². The van der Waals surface area contributed by atoms with E-state index in [2.05, 4.69) is 12.2 Å². The van der Waals surface area contributed by atoms with Crippen LogP contribution in [0, 0.1) is 25.2 Å². The molecule has 0 bridgehead atoms. The molecule has 0 unspecified atom stereocenters. The van der Waals surface area contributed by atoms with Gasteiger partial charge in [-0.15, -0.1) is 0 Å². The first-order chi connectivity index (χ1) is 10.7. The largest absolute Gasteiger partial charge is 0.342 e. The van der Waals surface area contributed by atoms with Crippen LogP contribution in [0.25, 0.3) is 0 Å². The Labute approximate surface area is 139 Å². The number of rotatable bonds is 3. The maximum Gasteiger partial charge on any atom is 0.239 e. The van der Waals surface area contributed by atoms with Gasteiger partial charge in [0.05, 0.1) is 0 Å². The number of benzene rings is 1. The third-order valence-corrected chi connectivity index (χ3v) is 4.89. The first kappa shape index (κ1) is 17.5. The molecule has 2 rings (SSSR count). The first-order valence-corrected chi connectivity index (χ1v) is 8.40. The van der Waals surface area contributed by atoms with Gasteiger partial charge < -0.3 is 10.2 Å². The summed E-state index contributed by atoms with van der Waals surface area (Å²) in [5.74, 6) is 0.345. The van der Waals surface area contributed by atoms with Crippen LogP contribution in [-0.4, -0.2) is 29.8 Å². The number of carbonyl (C=O) groups is 2. The lowest BCUT2D eigenvalue weighted by molar-refractivity contribution is -0.147. The lowest BCUT2D eigenvalue weighted by atomic mass is 9.88. The van der Waals surface area contributed by atoms with E-state index in [1.165, 1.54) is 0 Å². The number of aryl methyl sites for hydroxylation is 2. The molecule has 126 valence electrons. The number of likely N-dealkylation sites (tertiary alicyclic amines) is 1. The number of carbonyl (C=O) groups excluding carboxylic acids is 2. The summed E-state index contributed by atoms with van der Waals surface area (Å²) in [5, 5.41) is 2.96. The van der Waals surface area contributed by atoms with Crippen molar-refractivity contribution in [1.82, 2.24) is 4.90 Å². The predicted octanol–water partition coefficient (Wildman–Crippen LogP) is 3.53. The molecule has 0 aliphatic carbocycles. The number of nitrogens with one attached hydrogen (secondary N) is 1. The molecular formula is C19H28N2O2. The Balaban J connectivity index is 2.12. The molecule has 23 heavy (non-hydrogen) atoms. The van der Waals surface area contributed by atoms with Gasteiger partial charge >= 0.3 is 0 Å². The summed E-state index contributed by atoms with van der Waals surface area (Å²) in [7, 11) is 0. The Hall–Kier alpha value is -1.84. The molecule has 1 aliphatic rings. The van der Waals surface area contributed by atoms with Gasteiger partial charge in [-0.05, 0) is 57.6 Å². The Bertz CT molecular complexity index is 579. The van der Waals surface area contributed by atoms with E-state index in [1.54, 1.807) is 13.8 Å². The standard InChI is InChI=1S/C19H28N2O2/c1-13-9-11-21(12-10-13)18(23)19(4,5)17(22)20-16-14(2)7-6-8-15(16)3/h6-8,13H,9-12H2,1-5H3,(H,20,22). The lowest BCUT2D eigenvalue weighted by Crippen LogP contribution is -2.49. The molecule has 1 aliphatic heterocycles. The van der Waals surface area contributed by atoms with E-state index in [9.17, 15) is 9.59 Å². The zero-order chi connectivity index (χ0) is 17.2. The number of hydrogen-bond donors (Lipinski definition) is 1. The highest BCUT2D eigenvalue weighted by molar-refractivity contribution is 6.10. The van der Waals surface area contributed by atoms with Crippen molar-refractivity contribution in [3.8, 4) is 0 Å². The summed E-state index contributed by atoms with van der Waals surface area (Å²) >= 11 is 0. The predicted molar refractivity (Wildman–Crippen MR) is 93.3 cm³/mol. The molecule has 0 radical (unpaired) electrons. The van der Waals surface area contributed by atoms with Gasteiger partial charge in [0.2, 0.25) is 11.8 Å². The van der Waals surface area contributed by atoms with E-state index in [0.717, 1.165) is 42.7 Å². The van der Waals surface area contributed by atoms with Crippen molar-refractivity contribution >= 4 is 17.5 Å². The number of amides is 2. The molecule has 1 heterocycles. The number of piperidine rings is 1. The minimum atomic E-state index is -1.06. The second-order valence-corrected chi connectivity index (χ2v) is 7.32. The van der Waals surface area contributed by atoms with Gasteiger partial charge in [-0.3, -0.25) is 9.59 Å². The molecule has 1 aromatic carbocycles. The molecular weight excluding hydrogens is 288 g/mol. The van der Waals surface area contributed by atoms with E-state index in [-0.39, 0.29) is 11.8 Å². The maximum atomic E-state index is 12.8. The van der Waals surface area contributed by atoms with Crippen LogP contribution in [0.5, 0.6) is 0 Å². The second kappa shape index (κ2) is 6.73. The van der Waals surface area contributed by atoms with Gasteiger partial charge in [0, 0.05) is 18.8 Å². The monoisotopic (exact) mass is 316 g/mol. The highest BCUT2D eigenvalue weighted by Crippen LogP contribution is 2.27. The molecule has 1 aromatic rings.